The predicted molar refractivity (Wildman–Crippen MR) is 62.9 cm³/mol. The molecule has 1 amide bonds. The van der Waals surface area contributed by atoms with Crippen molar-refractivity contribution < 1.29 is 14.7 Å². The van der Waals surface area contributed by atoms with E-state index in [4.69, 9.17) is 5.11 Å². The van der Waals surface area contributed by atoms with Crippen LogP contribution in [0.3, 0.4) is 0 Å². The average Bonchev–Trinajstić information content (AvgIpc) is 2.80. The zero-order valence-corrected chi connectivity index (χ0v) is 10.6. The smallest absolute Gasteiger partial charge is 0.305 e. The lowest BCUT2D eigenvalue weighted by atomic mass is 9.89. The standard InChI is InChI=1S/C10H15N3O3S/c1-3-10(4-2,5-8(14)15)12-9(16)7-6-11-17-13-7/h6H,3-5H2,1-2H3,(H,12,16)(H,14,15). The highest BCUT2D eigenvalue weighted by atomic mass is 32.1. The van der Waals surface area contributed by atoms with Crippen molar-refractivity contribution in [2.75, 3.05) is 0 Å². The first-order valence-corrected chi connectivity index (χ1v) is 6.08. The number of carbonyl (C=O) groups is 2. The Morgan fingerprint density at radius 3 is 2.53 bits per heavy atom. The molecule has 1 aromatic heterocycles. The van der Waals surface area contributed by atoms with Crippen molar-refractivity contribution in [1.82, 2.24) is 14.1 Å². The van der Waals surface area contributed by atoms with Gasteiger partial charge in [0.1, 0.15) is 0 Å². The summed E-state index contributed by atoms with van der Waals surface area (Å²) in [4.78, 5) is 22.6. The highest BCUT2D eigenvalue weighted by Gasteiger charge is 2.31. The molecule has 0 aliphatic carbocycles. The van der Waals surface area contributed by atoms with Crippen molar-refractivity contribution in [3.05, 3.63) is 11.9 Å². The highest BCUT2D eigenvalue weighted by molar-refractivity contribution is 6.99. The van der Waals surface area contributed by atoms with Gasteiger partial charge in [-0.15, -0.1) is 0 Å². The van der Waals surface area contributed by atoms with Crippen LogP contribution in [0.4, 0.5) is 0 Å². The van der Waals surface area contributed by atoms with E-state index in [1.807, 2.05) is 13.8 Å². The molecule has 0 unspecified atom stereocenters. The summed E-state index contributed by atoms with van der Waals surface area (Å²) in [5.74, 6) is -1.30. The van der Waals surface area contributed by atoms with Crippen LogP contribution in [-0.4, -0.2) is 31.3 Å². The SMILES string of the molecule is CCC(CC)(CC(=O)O)NC(=O)c1cnsn1. The van der Waals surface area contributed by atoms with E-state index in [1.165, 1.54) is 6.20 Å². The van der Waals surface area contributed by atoms with Crippen molar-refractivity contribution in [3.8, 4) is 0 Å². The largest absolute Gasteiger partial charge is 0.481 e. The topological polar surface area (TPSA) is 92.2 Å². The van der Waals surface area contributed by atoms with Crippen molar-refractivity contribution in [1.29, 1.82) is 0 Å². The van der Waals surface area contributed by atoms with Gasteiger partial charge in [0.15, 0.2) is 5.69 Å². The van der Waals surface area contributed by atoms with E-state index in [9.17, 15) is 9.59 Å². The number of nitrogens with zero attached hydrogens (tertiary/aromatic N) is 2. The number of rotatable bonds is 6. The number of aliphatic carboxylic acids is 1. The summed E-state index contributed by atoms with van der Waals surface area (Å²) in [6, 6.07) is 0. The minimum atomic E-state index is -0.926. The fourth-order valence-corrected chi connectivity index (χ4v) is 1.99. The Kier molecular flexibility index (Phi) is 4.56. The van der Waals surface area contributed by atoms with E-state index in [2.05, 4.69) is 14.1 Å². The van der Waals surface area contributed by atoms with Crippen molar-refractivity contribution in [3.63, 3.8) is 0 Å². The second kappa shape index (κ2) is 5.72. The minimum Gasteiger partial charge on any atom is -0.481 e. The maximum Gasteiger partial charge on any atom is 0.305 e. The molecule has 7 heteroatoms. The number of aromatic nitrogens is 2. The number of carboxylic acid groups (broad SMARTS) is 1. The third-order valence-corrected chi connectivity index (χ3v) is 3.29. The molecule has 0 atom stereocenters. The zero-order chi connectivity index (χ0) is 12.9. The van der Waals surface area contributed by atoms with E-state index in [-0.39, 0.29) is 18.0 Å². The van der Waals surface area contributed by atoms with E-state index in [1.54, 1.807) is 0 Å². The number of amides is 1. The molecule has 17 heavy (non-hydrogen) atoms. The van der Waals surface area contributed by atoms with E-state index in [0.717, 1.165) is 11.7 Å². The molecule has 0 aliphatic rings. The molecule has 0 aromatic carbocycles. The number of nitrogens with one attached hydrogen (secondary N) is 1. The Morgan fingerprint density at radius 2 is 2.12 bits per heavy atom. The number of carboxylic acids is 1. The molecule has 1 aromatic rings. The lowest BCUT2D eigenvalue weighted by molar-refractivity contribution is -0.138. The molecule has 0 saturated carbocycles. The van der Waals surface area contributed by atoms with Crippen molar-refractivity contribution in [2.45, 2.75) is 38.6 Å². The van der Waals surface area contributed by atoms with E-state index < -0.39 is 11.5 Å². The van der Waals surface area contributed by atoms with Crippen LogP contribution in [0.25, 0.3) is 0 Å². The molecule has 0 bridgehead atoms. The second-order valence-corrected chi connectivity index (χ2v) is 4.36. The molecule has 94 valence electrons. The van der Waals surface area contributed by atoms with Gasteiger partial charge in [-0.1, -0.05) is 13.8 Å². The fraction of sp³-hybridized carbons (Fsp3) is 0.600. The Bertz CT molecular complexity index is 388. The molecule has 2 N–H and O–H groups in total. The lowest BCUT2D eigenvalue weighted by Crippen LogP contribution is -2.49. The zero-order valence-electron chi connectivity index (χ0n) is 9.77. The van der Waals surface area contributed by atoms with E-state index >= 15 is 0 Å². The first-order valence-electron chi connectivity index (χ1n) is 5.35. The molecule has 6 nitrogen and oxygen atoms in total. The second-order valence-electron chi connectivity index (χ2n) is 3.80. The summed E-state index contributed by atoms with van der Waals surface area (Å²) in [5, 5.41) is 11.6. The maximum absolute atomic E-state index is 11.8. The van der Waals surface area contributed by atoms with Crippen LogP contribution >= 0.6 is 11.7 Å². The lowest BCUT2D eigenvalue weighted by Gasteiger charge is -2.30. The quantitative estimate of drug-likeness (QED) is 0.801. The summed E-state index contributed by atoms with van der Waals surface area (Å²) in [6.07, 6.45) is 2.39. The summed E-state index contributed by atoms with van der Waals surface area (Å²) in [5.41, 5.74) is -0.487. The summed E-state index contributed by atoms with van der Waals surface area (Å²) in [7, 11) is 0. The van der Waals surface area contributed by atoms with Gasteiger partial charge in [0, 0.05) is 0 Å². The number of carbonyl (C=O) groups excluding carboxylic acids is 1. The third kappa shape index (κ3) is 3.48. The number of hydrogen-bond donors (Lipinski definition) is 2. The first-order chi connectivity index (χ1) is 8.03. The van der Waals surface area contributed by atoms with Crippen LogP contribution in [-0.2, 0) is 4.79 Å². The monoisotopic (exact) mass is 257 g/mol. The molecule has 0 saturated heterocycles. The van der Waals surface area contributed by atoms with Gasteiger partial charge < -0.3 is 10.4 Å². The Morgan fingerprint density at radius 1 is 1.47 bits per heavy atom. The molecule has 1 heterocycles. The van der Waals surface area contributed by atoms with Gasteiger partial charge in [-0.05, 0) is 12.8 Å². The van der Waals surface area contributed by atoms with Crippen LogP contribution in [0.15, 0.2) is 6.20 Å². The summed E-state index contributed by atoms with van der Waals surface area (Å²) >= 11 is 0.946. The molecule has 0 aliphatic heterocycles. The summed E-state index contributed by atoms with van der Waals surface area (Å²) < 4.78 is 7.56. The first kappa shape index (κ1) is 13.6. The van der Waals surface area contributed by atoms with Crippen LogP contribution < -0.4 is 5.32 Å². The Hall–Kier alpha value is -1.50. The van der Waals surface area contributed by atoms with Crippen LogP contribution in [0.2, 0.25) is 0 Å². The van der Waals surface area contributed by atoms with Gasteiger partial charge in [-0.25, -0.2) is 0 Å². The normalized spacial score (nSPS) is 11.2. The predicted octanol–water partition coefficient (Wildman–Crippen LogP) is 1.30. The fourth-order valence-electron chi connectivity index (χ4n) is 1.58. The molecule has 0 fully saturated rings. The maximum atomic E-state index is 11.8. The van der Waals surface area contributed by atoms with Gasteiger partial charge in [0.25, 0.3) is 5.91 Å². The van der Waals surface area contributed by atoms with Gasteiger partial charge in [0.2, 0.25) is 0 Å². The molecule has 0 radical (unpaired) electrons. The van der Waals surface area contributed by atoms with Crippen LogP contribution in [0.5, 0.6) is 0 Å². The van der Waals surface area contributed by atoms with Crippen molar-refractivity contribution >= 4 is 23.6 Å². The molecule has 0 spiro atoms. The average molecular weight is 257 g/mol. The third-order valence-electron chi connectivity index (χ3n) is 2.82. The minimum absolute atomic E-state index is 0.0939. The van der Waals surface area contributed by atoms with Gasteiger partial charge in [0.05, 0.1) is 29.9 Å². The summed E-state index contributed by atoms with van der Waals surface area (Å²) in [6.45, 7) is 3.71. The molecule has 1 rings (SSSR count). The van der Waals surface area contributed by atoms with Crippen LogP contribution in [0, 0.1) is 0 Å². The van der Waals surface area contributed by atoms with E-state index in [0.29, 0.717) is 12.8 Å². The van der Waals surface area contributed by atoms with Crippen molar-refractivity contribution in [2.24, 2.45) is 0 Å². The Labute approximate surface area is 103 Å². The molecular formula is C10H15N3O3S. The van der Waals surface area contributed by atoms with Gasteiger partial charge in [-0.3, -0.25) is 9.59 Å². The Balaban J connectivity index is 2.79. The van der Waals surface area contributed by atoms with Crippen LogP contribution in [0.1, 0.15) is 43.6 Å². The molecular weight excluding hydrogens is 242 g/mol. The van der Waals surface area contributed by atoms with Gasteiger partial charge >= 0.3 is 5.97 Å². The van der Waals surface area contributed by atoms with Gasteiger partial charge in [-0.2, -0.15) is 8.75 Å². The highest BCUT2D eigenvalue weighted by Crippen LogP contribution is 2.20. The number of hydrogen-bond acceptors (Lipinski definition) is 5.